The van der Waals surface area contributed by atoms with Crippen molar-refractivity contribution in [3.63, 3.8) is 0 Å². The summed E-state index contributed by atoms with van der Waals surface area (Å²) >= 11 is 12.6. The number of amides is 1. The zero-order chi connectivity index (χ0) is 20.9. The molecule has 0 aliphatic heterocycles. The van der Waals surface area contributed by atoms with Crippen LogP contribution in [-0.4, -0.2) is 45.3 Å². The fraction of sp³-hybridized carbons (Fsp3) is 0.294. The molecule has 1 atom stereocenters. The van der Waals surface area contributed by atoms with Crippen LogP contribution in [0.15, 0.2) is 40.6 Å². The van der Waals surface area contributed by atoms with Crippen molar-refractivity contribution in [2.45, 2.75) is 16.7 Å². The van der Waals surface area contributed by atoms with Gasteiger partial charge < -0.3 is 10.1 Å². The molecule has 0 spiro atoms. The fourth-order valence-electron chi connectivity index (χ4n) is 2.31. The van der Waals surface area contributed by atoms with Gasteiger partial charge in [0.25, 0.3) is 10.0 Å². The summed E-state index contributed by atoms with van der Waals surface area (Å²) in [4.78, 5) is 24.1. The van der Waals surface area contributed by atoms with Crippen LogP contribution in [-0.2, 0) is 24.3 Å². The lowest BCUT2D eigenvalue weighted by atomic mass is 10.0. The Morgan fingerprint density at radius 2 is 1.82 bits per heavy atom. The number of thiophene rings is 1. The molecule has 0 saturated carbocycles. The Morgan fingerprint density at radius 1 is 1.18 bits per heavy atom. The van der Waals surface area contributed by atoms with Gasteiger partial charge in [-0.3, -0.25) is 9.59 Å². The van der Waals surface area contributed by atoms with E-state index in [4.69, 9.17) is 23.2 Å². The molecule has 1 aromatic carbocycles. The van der Waals surface area contributed by atoms with Gasteiger partial charge in [0.1, 0.15) is 4.21 Å². The summed E-state index contributed by atoms with van der Waals surface area (Å²) in [6.07, 6.45) is -0.110. The average molecular weight is 465 g/mol. The number of esters is 1. The normalized spacial score (nSPS) is 12.6. The summed E-state index contributed by atoms with van der Waals surface area (Å²) in [7, 11) is -1.31. The Balaban J connectivity index is 2.12. The number of ether oxygens (including phenoxy) is 1. The minimum absolute atomic E-state index is 0.0385. The molecule has 11 heteroatoms. The van der Waals surface area contributed by atoms with Crippen LogP contribution in [0.3, 0.4) is 0 Å². The van der Waals surface area contributed by atoms with Crippen LogP contribution in [0.5, 0.6) is 0 Å². The van der Waals surface area contributed by atoms with Crippen LogP contribution in [0.1, 0.15) is 18.0 Å². The number of rotatable bonds is 8. The van der Waals surface area contributed by atoms with Crippen molar-refractivity contribution in [3.8, 4) is 0 Å². The number of carbonyl (C=O) groups is 2. The van der Waals surface area contributed by atoms with Gasteiger partial charge in [0.15, 0.2) is 0 Å². The zero-order valence-corrected chi connectivity index (χ0v) is 18.2. The van der Waals surface area contributed by atoms with E-state index in [9.17, 15) is 18.0 Å². The van der Waals surface area contributed by atoms with Gasteiger partial charge >= 0.3 is 5.97 Å². The molecule has 28 heavy (non-hydrogen) atoms. The molecule has 1 N–H and O–H groups in total. The van der Waals surface area contributed by atoms with E-state index >= 15 is 0 Å². The van der Waals surface area contributed by atoms with E-state index in [1.165, 1.54) is 26.3 Å². The number of nitrogens with zero attached hydrogens (tertiary/aromatic N) is 1. The minimum atomic E-state index is -3.85. The van der Waals surface area contributed by atoms with Crippen LogP contribution in [0.25, 0.3) is 0 Å². The molecule has 1 amide bonds. The first-order valence-electron chi connectivity index (χ1n) is 7.97. The Hall–Kier alpha value is -1.65. The molecule has 1 heterocycles. The van der Waals surface area contributed by atoms with Gasteiger partial charge in [0.05, 0.1) is 30.5 Å². The lowest BCUT2D eigenvalue weighted by molar-refractivity contribution is -0.141. The second kappa shape index (κ2) is 9.71. The van der Waals surface area contributed by atoms with Crippen LogP contribution >= 0.6 is 34.5 Å². The molecule has 0 aliphatic rings. The van der Waals surface area contributed by atoms with Gasteiger partial charge in [0.2, 0.25) is 5.91 Å². The van der Waals surface area contributed by atoms with Gasteiger partial charge in [0, 0.05) is 12.1 Å². The van der Waals surface area contributed by atoms with E-state index in [1.807, 2.05) is 0 Å². The standard InChI is InChI=1S/C17H18Cl2N2O5S2/c1-21(28(24,25)17-8-7-14(19)27-17)10-15(22)20-13(9-16(23)26-2)11-3-5-12(18)6-4-11/h3-8,13H,9-10H2,1-2H3,(H,20,22). The topological polar surface area (TPSA) is 92.8 Å². The Labute approximate surface area is 177 Å². The predicted molar refractivity (Wildman–Crippen MR) is 108 cm³/mol. The van der Waals surface area contributed by atoms with E-state index < -0.39 is 34.5 Å². The quantitative estimate of drug-likeness (QED) is 0.605. The molecule has 0 radical (unpaired) electrons. The van der Waals surface area contributed by atoms with Crippen molar-refractivity contribution in [2.75, 3.05) is 20.7 Å². The van der Waals surface area contributed by atoms with Crippen molar-refractivity contribution < 1.29 is 22.7 Å². The first-order valence-corrected chi connectivity index (χ1v) is 11.0. The van der Waals surface area contributed by atoms with Crippen molar-refractivity contribution in [2.24, 2.45) is 0 Å². The van der Waals surface area contributed by atoms with Crippen molar-refractivity contribution >= 4 is 56.4 Å². The number of benzene rings is 1. The third kappa shape index (κ3) is 5.92. The fourth-order valence-corrected chi connectivity index (χ4v) is 5.26. The van der Waals surface area contributed by atoms with E-state index in [1.54, 1.807) is 24.3 Å². The van der Waals surface area contributed by atoms with Gasteiger partial charge in [-0.15, -0.1) is 11.3 Å². The lowest BCUT2D eigenvalue weighted by Crippen LogP contribution is -2.40. The third-order valence-electron chi connectivity index (χ3n) is 3.79. The highest BCUT2D eigenvalue weighted by molar-refractivity contribution is 7.91. The van der Waals surface area contributed by atoms with E-state index in [2.05, 4.69) is 10.1 Å². The van der Waals surface area contributed by atoms with E-state index in [0.29, 0.717) is 14.9 Å². The highest BCUT2D eigenvalue weighted by Gasteiger charge is 2.26. The number of sulfonamides is 1. The molecule has 0 bridgehead atoms. The molecule has 1 unspecified atom stereocenters. The van der Waals surface area contributed by atoms with Crippen LogP contribution < -0.4 is 5.32 Å². The summed E-state index contributed by atoms with van der Waals surface area (Å²) in [5.74, 6) is -1.09. The van der Waals surface area contributed by atoms with Crippen LogP contribution in [0, 0.1) is 0 Å². The number of halogens is 2. The zero-order valence-electron chi connectivity index (χ0n) is 15.0. The largest absolute Gasteiger partial charge is 0.469 e. The van der Waals surface area contributed by atoms with Crippen molar-refractivity contribution in [3.05, 3.63) is 51.3 Å². The maximum absolute atomic E-state index is 12.5. The SMILES string of the molecule is COC(=O)CC(NC(=O)CN(C)S(=O)(=O)c1ccc(Cl)s1)c1ccc(Cl)cc1. The molecule has 2 aromatic rings. The maximum atomic E-state index is 12.5. The second-order valence-electron chi connectivity index (χ2n) is 5.77. The van der Waals surface area contributed by atoms with Crippen molar-refractivity contribution in [1.29, 1.82) is 0 Å². The maximum Gasteiger partial charge on any atom is 0.307 e. The summed E-state index contributed by atoms with van der Waals surface area (Å²) in [5.41, 5.74) is 0.638. The molecule has 0 saturated heterocycles. The van der Waals surface area contributed by atoms with Gasteiger partial charge in [-0.25, -0.2) is 8.42 Å². The van der Waals surface area contributed by atoms with Gasteiger partial charge in [-0.05, 0) is 29.8 Å². The van der Waals surface area contributed by atoms with Gasteiger partial charge in [-0.1, -0.05) is 35.3 Å². The monoisotopic (exact) mass is 464 g/mol. The first-order chi connectivity index (χ1) is 13.1. The van der Waals surface area contributed by atoms with Crippen LogP contribution in [0.4, 0.5) is 0 Å². The van der Waals surface area contributed by atoms with Crippen molar-refractivity contribution in [1.82, 2.24) is 9.62 Å². The highest BCUT2D eigenvalue weighted by atomic mass is 35.5. The summed E-state index contributed by atoms with van der Waals surface area (Å²) in [6, 6.07) is 8.76. The molecular weight excluding hydrogens is 447 g/mol. The van der Waals surface area contributed by atoms with Gasteiger partial charge in [-0.2, -0.15) is 4.31 Å². The molecular formula is C17H18Cl2N2O5S2. The smallest absolute Gasteiger partial charge is 0.307 e. The summed E-state index contributed by atoms with van der Waals surface area (Å²) in [5, 5.41) is 3.17. The summed E-state index contributed by atoms with van der Waals surface area (Å²) < 4.78 is 31.0. The Kier molecular flexibility index (Phi) is 7.85. The Bertz CT molecular complexity index is 945. The molecule has 7 nitrogen and oxygen atoms in total. The number of carbonyl (C=O) groups excluding carboxylic acids is 2. The summed E-state index contributed by atoms with van der Waals surface area (Å²) in [6.45, 7) is -0.427. The molecule has 2 rings (SSSR count). The second-order valence-corrected chi connectivity index (χ2v) is 10.2. The lowest BCUT2D eigenvalue weighted by Gasteiger charge is -2.21. The molecule has 0 fully saturated rings. The number of hydrogen-bond acceptors (Lipinski definition) is 6. The predicted octanol–water partition coefficient (Wildman–Crippen LogP) is 3.10. The Morgan fingerprint density at radius 3 is 2.36 bits per heavy atom. The number of methoxy groups -OCH3 is 1. The van der Waals surface area contributed by atoms with Crippen LogP contribution in [0.2, 0.25) is 9.36 Å². The third-order valence-corrected chi connectivity index (χ3v) is 7.54. The first kappa shape index (κ1) is 22.6. The highest BCUT2D eigenvalue weighted by Crippen LogP contribution is 2.27. The number of hydrogen-bond donors (Lipinski definition) is 1. The molecule has 152 valence electrons. The number of nitrogens with one attached hydrogen (secondary N) is 1. The van der Waals surface area contributed by atoms with E-state index in [-0.39, 0.29) is 10.6 Å². The minimum Gasteiger partial charge on any atom is -0.469 e. The molecule has 0 aliphatic carbocycles. The average Bonchev–Trinajstić information content (AvgIpc) is 3.08. The van der Waals surface area contributed by atoms with E-state index in [0.717, 1.165) is 15.6 Å². The number of likely N-dealkylation sites (N-methyl/N-ethyl adjacent to an activating group) is 1. The molecule has 1 aromatic heterocycles.